The van der Waals surface area contributed by atoms with Crippen molar-refractivity contribution in [2.75, 3.05) is 26.2 Å². The van der Waals surface area contributed by atoms with Crippen LogP contribution in [0.2, 0.25) is 0 Å². The number of hydrogen-bond acceptors (Lipinski definition) is 2. The first kappa shape index (κ1) is 11.5. The Labute approximate surface area is 98.2 Å². The summed E-state index contributed by atoms with van der Waals surface area (Å²) >= 11 is 0. The molecule has 2 nitrogen and oxygen atoms in total. The maximum Gasteiger partial charge on any atom is 0.122 e. The number of fused-ring (bicyclic) bond motifs is 1. The molecule has 88 valence electrons. The number of rotatable bonds is 1. The molecule has 0 radical (unpaired) electrons. The normalized spacial score (nSPS) is 18.6. The van der Waals surface area contributed by atoms with E-state index in [4.69, 9.17) is 4.74 Å². The van der Waals surface area contributed by atoms with Crippen LogP contribution in [0, 0.1) is 0 Å². The molecule has 0 fully saturated rings. The molecule has 0 spiro atoms. The molecule has 0 unspecified atom stereocenters. The fourth-order valence-corrected chi connectivity index (χ4v) is 2.21. The Kier molecular flexibility index (Phi) is 4.23. The standard InChI is InChI=1S/C14H21NO/c1-2-15-10-6-5-8-13-7-3-4-9-14(13)16-12-11-15/h3-4,7,9H,2,5-6,8,10-12H2,1H3. The number of aryl methyl sites for hydroxylation is 1. The van der Waals surface area contributed by atoms with Gasteiger partial charge in [-0.05, 0) is 44.0 Å². The lowest BCUT2D eigenvalue weighted by Crippen LogP contribution is -2.30. The highest BCUT2D eigenvalue weighted by atomic mass is 16.5. The Morgan fingerprint density at radius 1 is 1.19 bits per heavy atom. The molecule has 0 amide bonds. The molecule has 0 atom stereocenters. The van der Waals surface area contributed by atoms with Gasteiger partial charge in [0.15, 0.2) is 0 Å². The molecule has 0 saturated heterocycles. The van der Waals surface area contributed by atoms with Gasteiger partial charge in [-0.2, -0.15) is 0 Å². The van der Waals surface area contributed by atoms with Gasteiger partial charge in [-0.25, -0.2) is 0 Å². The van der Waals surface area contributed by atoms with E-state index in [0.29, 0.717) is 0 Å². The largest absolute Gasteiger partial charge is 0.492 e. The number of ether oxygens (including phenoxy) is 1. The third-order valence-corrected chi connectivity index (χ3v) is 3.26. The summed E-state index contributed by atoms with van der Waals surface area (Å²) in [6, 6.07) is 8.44. The van der Waals surface area contributed by atoms with Crippen LogP contribution >= 0.6 is 0 Å². The second-order valence-electron chi connectivity index (χ2n) is 4.35. The Morgan fingerprint density at radius 3 is 2.94 bits per heavy atom. The molecule has 0 N–H and O–H groups in total. The quantitative estimate of drug-likeness (QED) is 0.720. The molecular formula is C14H21NO. The zero-order chi connectivity index (χ0) is 11.2. The molecular weight excluding hydrogens is 198 g/mol. The molecule has 2 heteroatoms. The molecule has 1 aromatic rings. The first-order valence-electron chi connectivity index (χ1n) is 6.33. The number of hydrogen-bond donors (Lipinski definition) is 0. The SMILES string of the molecule is CCN1CCCCc2ccccc2OCC1. The second-order valence-corrected chi connectivity index (χ2v) is 4.35. The summed E-state index contributed by atoms with van der Waals surface area (Å²) in [5, 5.41) is 0. The minimum absolute atomic E-state index is 0.810. The molecule has 0 bridgehead atoms. The van der Waals surface area contributed by atoms with Crippen LogP contribution in [0.15, 0.2) is 24.3 Å². The molecule has 1 aromatic carbocycles. The minimum atomic E-state index is 0.810. The van der Waals surface area contributed by atoms with Crippen molar-refractivity contribution in [2.24, 2.45) is 0 Å². The monoisotopic (exact) mass is 219 g/mol. The molecule has 16 heavy (non-hydrogen) atoms. The van der Waals surface area contributed by atoms with Gasteiger partial charge in [-0.3, -0.25) is 0 Å². The van der Waals surface area contributed by atoms with Gasteiger partial charge in [-0.1, -0.05) is 25.1 Å². The van der Waals surface area contributed by atoms with Gasteiger partial charge in [0.1, 0.15) is 12.4 Å². The van der Waals surface area contributed by atoms with Crippen LogP contribution in [0.5, 0.6) is 5.75 Å². The predicted molar refractivity (Wildman–Crippen MR) is 67.0 cm³/mol. The number of para-hydroxylation sites is 1. The topological polar surface area (TPSA) is 12.5 Å². The van der Waals surface area contributed by atoms with Crippen molar-refractivity contribution in [3.63, 3.8) is 0 Å². The average Bonchev–Trinajstić information content (AvgIpc) is 2.34. The Bertz CT molecular complexity index is 324. The maximum atomic E-state index is 5.85. The van der Waals surface area contributed by atoms with Crippen molar-refractivity contribution in [2.45, 2.75) is 26.2 Å². The van der Waals surface area contributed by atoms with Gasteiger partial charge in [0.2, 0.25) is 0 Å². The van der Waals surface area contributed by atoms with E-state index in [1.165, 1.54) is 24.9 Å². The highest BCUT2D eigenvalue weighted by Crippen LogP contribution is 2.20. The van der Waals surface area contributed by atoms with Crippen LogP contribution in [0.25, 0.3) is 0 Å². The third-order valence-electron chi connectivity index (χ3n) is 3.26. The van der Waals surface area contributed by atoms with Crippen molar-refractivity contribution < 1.29 is 4.74 Å². The molecule has 1 aliphatic rings. The van der Waals surface area contributed by atoms with E-state index in [2.05, 4.69) is 36.1 Å². The van der Waals surface area contributed by atoms with Gasteiger partial charge in [0, 0.05) is 6.54 Å². The number of nitrogens with zero attached hydrogens (tertiary/aromatic N) is 1. The first-order valence-corrected chi connectivity index (χ1v) is 6.33. The van der Waals surface area contributed by atoms with E-state index < -0.39 is 0 Å². The average molecular weight is 219 g/mol. The number of likely N-dealkylation sites (N-methyl/N-ethyl adjacent to an activating group) is 1. The summed E-state index contributed by atoms with van der Waals surface area (Å²) in [4.78, 5) is 2.47. The first-order chi connectivity index (χ1) is 7.90. The summed E-state index contributed by atoms with van der Waals surface area (Å²) in [6.45, 7) is 6.42. The van der Waals surface area contributed by atoms with Crippen LogP contribution < -0.4 is 4.74 Å². The molecule has 0 saturated carbocycles. The lowest BCUT2D eigenvalue weighted by atomic mass is 10.1. The van der Waals surface area contributed by atoms with Crippen LogP contribution in [0.4, 0.5) is 0 Å². The van der Waals surface area contributed by atoms with E-state index in [1.54, 1.807) is 0 Å². The molecule has 1 heterocycles. The van der Waals surface area contributed by atoms with Gasteiger partial charge in [-0.15, -0.1) is 0 Å². The van der Waals surface area contributed by atoms with Crippen molar-refractivity contribution in [3.8, 4) is 5.75 Å². The van der Waals surface area contributed by atoms with Crippen LogP contribution in [0.1, 0.15) is 25.3 Å². The van der Waals surface area contributed by atoms with Crippen LogP contribution in [0.3, 0.4) is 0 Å². The van der Waals surface area contributed by atoms with E-state index in [0.717, 1.165) is 31.9 Å². The summed E-state index contributed by atoms with van der Waals surface area (Å²) in [5.41, 5.74) is 1.37. The molecule has 2 rings (SSSR count). The molecule has 0 aliphatic carbocycles. The van der Waals surface area contributed by atoms with E-state index in [9.17, 15) is 0 Å². The van der Waals surface area contributed by atoms with Crippen molar-refractivity contribution >= 4 is 0 Å². The van der Waals surface area contributed by atoms with Crippen molar-refractivity contribution in [1.29, 1.82) is 0 Å². The van der Waals surface area contributed by atoms with Crippen molar-refractivity contribution in [3.05, 3.63) is 29.8 Å². The Morgan fingerprint density at radius 2 is 2.06 bits per heavy atom. The van der Waals surface area contributed by atoms with Gasteiger partial charge >= 0.3 is 0 Å². The Hall–Kier alpha value is -1.02. The Balaban J connectivity index is 2.04. The zero-order valence-corrected chi connectivity index (χ0v) is 10.1. The third kappa shape index (κ3) is 2.99. The maximum absolute atomic E-state index is 5.85. The summed E-state index contributed by atoms with van der Waals surface area (Å²) in [5.74, 6) is 1.08. The highest BCUT2D eigenvalue weighted by Gasteiger charge is 2.08. The van der Waals surface area contributed by atoms with Crippen molar-refractivity contribution in [1.82, 2.24) is 4.90 Å². The fourth-order valence-electron chi connectivity index (χ4n) is 2.21. The highest BCUT2D eigenvalue weighted by molar-refractivity contribution is 5.33. The van der Waals surface area contributed by atoms with Crippen LogP contribution in [-0.2, 0) is 6.42 Å². The fraction of sp³-hybridized carbons (Fsp3) is 0.571. The smallest absolute Gasteiger partial charge is 0.122 e. The summed E-state index contributed by atoms with van der Waals surface area (Å²) < 4.78 is 5.85. The van der Waals surface area contributed by atoms with Gasteiger partial charge < -0.3 is 9.64 Å². The second kappa shape index (κ2) is 5.90. The minimum Gasteiger partial charge on any atom is -0.492 e. The molecule has 1 aliphatic heterocycles. The lowest BCUT2D eigenvalue weighted by Gasteiger charge is -2.22. The van der Waals surface area contributed by atoms with Gasteiger partial charge in [0.25, 0.3) is 0 Å². The van der Waals surface area contributed by atoms with E-state index in [-0.39, 0.29) is 0 Å². The van der Waals surface area contributed by atoms with Gasteiger partial charge in [0.05, 0.1) is 0 Å². The van der Waals surface area contributed by atoms with Crippen LogP contribution in [-0.4, -0.2) is 31.1 Å². The zero-order valence-electron chi connectivity index (χ0n) is 10.1. The predicted octanol–water partition coefficient (Wildman–Crippen LogP) is 2.72. The van der Waals surface area contributed by atoms with E-state index in [1.807, 2.05) is 0 Å². The summed E-state index contributed by atoms with van der Waals surface area (Å²) in [7, 11) is 0. The van der Waals surface area contributed by atoms with E-state index >= 15 is 0 Å². The molecule has 0 aromatic heterocycles. The summed E-state index contributed by atoms with van der Waals surface area (Å²) in [6.07, 6.45) is 3.70. The number of benzene rings is 1. The lowest BCUT2D eigenvalue weighted by molar-refractivity contribution is 0.208.